The summed E-state index contributed by atoms with van der Waals surface area (Å²) in [5.41, 5.74) is 35.6. The molecule has 0 radical (unpaired) electrons. The molecule has 0 saturated carbocycles. The van der Waals surface area contributed by atoms with Crippen molar-refractivity contribution >= 4 is 77.2 Å². The number of hydrogen-bond acceptors (Lipinski definition) is 2. The van der Waals surface area contributed by atoms with Crippen LogP contribution in [0.25, 0.3) is 154 Å². The van der Waals surface area contributed by atoms with E-state index in [1.54, 1.807) is 0 Å². The van der Waals surface area contributed by atoms with Crippen molar-refractivity contribution in [3.8, 4) is 111 Å². The fourth-order valence-electron chi connectivity index (χ4n) is 19.0. The molecule has 0 amide bonds. The van der Waals surface area contributed by atoms with E-state index in [1.807, 2.05) is 0 Å². The maximum atomic E-state index is 2.52. The maximum Gasteiger partial charge on any atom is 0.0543 e. The standard InChI is InChI=1S/C112H80N2/c1-111(2)101-46-14-11-38-99(101)109-102(111)47-23-52-108(109)114(106-50-16-13-37-96(106)82-63-59-78(60-64-82)91-40-19-29-75-26-6-9-34-88(75)91)86-32-17-31-83(71-86)73-53-55-79(56-54-73)93-42-21-45-98-94(43-22-44-97(93)98)84-67-70-100-104(72-84)112(3,4)103-48-24-51-107(110(100)103)113(85-68-65-80(66-69-85)92-41-20-30-76-27-7-10-35-89(76)92)105-49-15-12-36-95(105)81-61-57-77(58-62-81)90-39-18-28-74-25-5-8-33-87(74)90/h5-72H,1-4H3. The fraction of sp³-hybridized carbons (Fsp3) is 0.0536. The van der Waals surface area contributed by atoms with Gasteiger partial charge in [-0.05, 0) is 209 Å². The normalized spacial score (nSPS) is 12.9. The zero-order valence-electron chi connectivity index (χ0n) is 64.2. The monoisotopic (exact) mass is 1450 g/mol. The van der Waals surface area contributed by atoms with E-state index in [0.717, 1.165) is 67.5 Å². The summed E-state index contributed by atoms with van der Waals surface area (Å²) in [6.45, 7) is 9.58. The van der Waals surface area contributed by atoms with Gasteiger partial charge in [-0.15, -0.1) is 0 Å². The van der Waals surface area contributed by atoms with E-state index in [2.05, 4.69) is 450 Å². The highest BCUT2D eigenvalue weighted by Crippen LogP contribution is 2.58. The molecule has 21 rings (SSSR count). The van der Waals surface area contributed by atoms with Crippen molar-refractivity contribution in [1.29, 1.82) is 0 Å². The third kappa shape index (κ3) is 11.3. The Morgan fingerprint density at radius 2 is 0.465 bits per heavy atom. The van der Waals surface area contributed by atoms with Gasteiger partial charge < -0.3 is 9.80 Å². The first-order chi connectivity index (χ1) is 56.1. The lowest BCUT2D eigenvalue weighted by Crippen LogP contribution is -2.16. The minimum Gasteiger partial charge on any atom is -0.309 e. The van der Waals surface area contributed by atoms with E-state index in [9.17, 15) is 0 Å². The van der Waals surface area contributed by atoms with Gasteiger partial charge in [-0.3, -0.25) is 0 Å². The molecule has 114 heavy (non-hydrogen) atoms. The van der Waals surface area contributed by atoms with E-state index in [-0.39, 0.29) is 10.8 Å². The molecule has 0 saturated heterocycles. The van der Waals surface area contributed by atoms with Crippen LogP contribution in [-0.2, 0) is 10.8 Å². The van der Waals surface area contributed by atoms with Crippen LogP contribution < -0.4 is 9.80 Å². The Morgan fingerprint density at radius 3 is 0.956 bits per heavy atom. The van der Waals surface area contributed by atoms with E-state index < -0.39 is 0 Å². The number of para-hydroxylation sites is 2. The SMILES string of the molecule is CC1(C)c2ccccc2-c2c(N(c3cccc(-c4ccc(-c5cccc6c(-c7ccc8c(c7)C(C)(C)c7cccc(N(c9ccc(-c%10cccc%11ccccc%10%11)cc9)c9ccccc9-c9ccc(-c%10cccc%11ccccc%10%11)cc9)c7-8)cccc56)cc4)c3)c3ccccc3-c3ccc(-c4cccc5ccccc45)cc3)cccc21. The van der Waals surface area contributed by atoms with Crippen LogP contribution >= 0.6 is 0 Å². The molecule has 0 aliphatic heterocycles. The smallest absolute Gasteiger partial charge is 0.0543 e. The van der Waals surface area contributed by atoms with Crippen molar-refractivity contribution < 1.29 is 0 Å². The van der Waals surface area contributed by atoms with Crippen LogP contribution in [0.5, 0.6) is 0 Å². The molecule has 0 atom stereocenters. The van der Waals surface area contributed by atoms with Crippen LogP contribution in [0.15, 0.2) is 413 Å². The highest BCUT2D eigenvalue weighted by Gasteiger charge is 2.40. The van der Waals surface area contributed by atoms with Gasteiger partial charge >= 0.3 is 0 Å². The molecule has 0 aromatic heterocycles. The van der Waals surface area contributed by atoms with Gasteiger partial charge in [-0.1, -0.05) is 386 Å². The first kappa shape index (κ1) is 67.9. The second kappa shape index (κ2) is 27.4. The number of nitrogens with zero attached hydrogens (tertiary/aromatic N) is 2. The first-order valence-electron chi connectivity index (χ1n) is 39.9. The molecular formula is C112H80N2. The fourth-order valence-corrected chi connectivity index (χ4v) is 19.0. The predicted octanol–water partition coefficient (Wildman–Crippen LogP) is 31.2. The van der Waals surface area contributed by atoms with Crippen LogP contribution in [0.4, 0.5) is 34.1 Å². The third-order valence-electron chi connectivity index (χ3n) is 24.7. The highest BCUT2D eigenvalue weighted by atomic mass is 15.2. The lowest BCUT2D eigenvalue weighted by Gasteiger charge is -2.31. The highest BCUT2D eigenvalue weighted by molar-refractivity contribution is 6.08. The Bertz CT molecular complexity index is 7000. The van der Waals surface area contributed by atoms with Crippen LogP contribution in [-0.4, -0.2) is 0 Å². The van der Waals surface area contributed by atoms with Gasteiger partial charge in [0.2, 0.25) is 0 Å². The maximum absolute atomic E-state index is 2.52. The average Bonchev–Trinajstić information content (AvgIpc) is 1.55. The van der Waals surface area contributed by atoms with Crippen LogP contribution in [0, 0.1) is 0 Å². The Morgan fingerprint density at radius 1 is 0.167 bits per heavy atom. The Balaban J connectivity index is 0.628. The molecule has 2 aliphatic rings. The van der Waals surface area contributed by atoms with Gasteiger partial charge in [0.05, 0.1) is 22.7 Å². The second-order valence-electron chi connectivity index (χ2n) is 31.8. The van der Waals surface area contributed by atoms with Gasteiger partial charge in [0, 0.05) is 44.5 Å². The summed E-state index contributed by atoms with van der Waals surface area (Å²) >= 11 is 0. The van der Waals surface area contributed by atoms with Gasteiger partial charge in [-0.25, -0.2) is 0 Å². The molecule has 2 nitrogen and oxygen atoms in total. The van der Waals surface area contributed by atoms with Crippen LogP contribution in [0.3, 0.4) is 0 Å². The molecular weight excluding hydrogens is 1370 g/mol. The molecule has 0 N–H and O–H groups in total. The van der Waals surface area contributed by atoms with Gasteiger partial charge in [0.15, 0.2) is 0 Å². The topological polar surface area (TPSA) is 6.48 Å². The quantitative estimate of drug-likeness (QED) is 0.107. The zero-order chi connectivity index (χ0) is 76.2. The number of fused-ring (bicyclic) bond motifs is 10. The van der Waals surface area contributed by atoms with E-state index in [4.69, 9.17) is 0 Å². The summed E-state index contributed by atoms with van der Waals surface area (Å²) in [4.78, 5) is 5.04. The molecule has 538 valence electrons. The summed E-state index contributed by atoms with van der Waals surface area (Å²) in [6, 6.07) is 154. The summed E-state index contributed by atoms with van der Waals surface area (Å²) in [5, 5.41) is 9.91. The van der Waals surface area contributed by atoms with E-state index in [0.29, 0.717) is 0 Å². The molecule has 2 heteroatoms. The van der Waals surface area contributed by atoms with Crippen molar-refractivity contribution in [3.63, 3.8) is 0 Å². The molecule has 0 heterocycles. The van der Waals surface area contributed by atoms with Gasteiger partial charge in [-0.2, -0.15) is 0 Å². The van der Waals surface area contributed by atoms with E-state index in [1.165, 1.54) is 143 Å². The molecule has 0 spiro atoms. The molecule has 2 aliphatic carbocycles. The molecule has 0 bridgehead atoms. The summed E-state index contributed by atoms with van der Waals surface area (Å²) in [6.07, 6.45) is 0. The van der Waals surface area contributed by atoms with Crippen molar-refractivity contribution in [2.45, 2.75) is 38.5 Å². The second-order valence-corrected chi connectivity index (χ2v) is 31.8. The lowest BCUT2D eigenvalue weighted by molar-refractivity contribution is 0.660. The molecule has 0 fully saturated rings. The predicted molar refractivity (Wildman–Crippen MR) is 484 cm³/mol. The van der Waals surface area contributed by atoms with Crippen LogP contribution in [0.2, 0.25) is 0 Å². The van der Waals surface area contributed by atoms with Crippen LogP contribution in [0.1, 0.15) is 49.9 Å². The van der Waals surface area contributed by atoms with Crippen molar-refractivity contribution in [1.82, 2.24) is 0 Å². The minimum absolute atomic E-state index is 0.178. The number of anilines is 6. The van der Waals surface area contributed by atoms with Gasteiger partial charge in [0.1, 0.15) is 0 Å². The lowest BCUT2D eigenvalue weighted by atomic mass is 9.81. The summed E-state index contributed by atoms with van der Waals surface area (Å²) in [7, 11) is 0. The summed E-state index contributed by atoms with van der Waals surface area (Å²) < 4.78 is 0. The third-order valence-corrected chi connectivity index (χ3v) is 24.7. The van der Waals surface area contributed by atoms with Crippen molar-refractivity contribution in [2.75, 3.05) is 9.80 Å². The molecule has 19 aromatic carbocycles. The van der Waals surface area contributed by atoms with E-state index >= 15 is 0 Å². The summed E-state index contributed by atoms with van der Waals surface area (Å²) in [5.74, 6) is 0. The number of rotatable bonds is 14. The minimum atomic E-state index is -0.325. The Labute approximate surface area is 667 Å². The van der Waals surface area contributed by atoms with Crippen molar-refractivity contribution in [2.24, 2.45) is 0 Å². The van der Waals surface area contributed by atoms with Gasteiger partial charge in [0.25, 0.3) is 0 Å². The average molecular weight is 1450 g/mol. The largest absolute Gasteiger partial charge is 0.309 e. The number of benzene rings is 19. The molecule has 19 aromatic rings. The Kier molecular flexibility index (Phi) is 16.3. The van der Waals surface area contributed by atoms with Crippen molar-refractivity contribution in [3.05, 3.63) is 435 Å². The molecule has 0 unspecified atom stereocenters. The first-order valence-corrected chi connectivity index (χ1v) is 39.9. The Hall–Kier alpha value is -14.2. The number of hydrogen-bond donors (Lipinski definition) is 0. The zero-order valence-corrected chi connectivity index (χ0v) is 64.2.